The van der Waals surface area contributed by atoms with E-state index < -0.39 is 22.0 Å². The molecule has 194 valence electrons. The molecule has 1 atom stereocenters. The van der Waals surface area contributed by atoms with Gasteiger partial charge in [0.05, 0.1) is 18.2 Å². The van der Waals surface area contributed by atoms with Crippen molar-refractivity contribution in [3.63, 3.8) is 0 Å². The monoisotopic (exact) mass is 545 g/mol. The van der Waals surface area contributed by atoms with Gasteiger partial charge in [0.1, 0.15) is 18.5 Å². The topological polar surface area (TPSA) is 97.3 Å². The van der Waals surface area contributed by atoms with Crippen LogP contribution in [0, 0.1) is 5.82 Å². The first-order chi connectivity index (χ1) is 17.8. The zero-order chi connectivity index (χ0) is 26.4. The number of benzene rings is 3. The maximum atomic E-state index is 13.1. The number of amides is 1. The Morgan fingerprint density at radius 1 is 1.14 bits per heavy atom. The zero-order valence-electron chi connectivity index (χ0n) is 19.9. The van der Waals surface area contributed by atoms with Gasteiger partial charge >= 0.3 is 0 Å². The molecule has 8 nitrogen and oxygen atoms in total. The molecule has 1 saturated heterocycles. The van der Waals surface area contributed by atoms with E-state index in [9.17, 15) is 17.6 Å². The molecule has 3 aromatic rings. The molecule has 0 aromatic heterocycles. The third-order valence-corrected chi connectivity index (χ3v) is 7.98. The highest BCUT2D eigenvalue weighted by atomic mass is 35.5. The average Bonchev–Trinajstić information content (AvgIpc) is 3.40. The molecule has 11 heteroatoms. The minimum Gasteiger partial charge on any atom is -0.493 e. The Balaban J connectivity index is 1.38. The summed E-state index contributed by atoms with van der Waals surface area (Å²) in [5.74, 6) is 0.105. The number of hydrazone groups is 1. The molecule has 1 aliphatic rings. The molecule has 1 heterocycles. The number of halogens is 2. The summed E-state index contributed by atoms with van der Waals surface area (Å²) in [5.41, 5.74) is 3.87. The summed E-state index contributed by atoms with van der Waals surface area (Å²) in [7, 11) is -2.36. The van der Waals surface area contributed by atoms with Crippen LogP contribution < -0.4 is 14.9 Å². The van der Waals surface area contributed by atoms with Crippen LogP contribution in [0.5, 0.6) is 11.5 Å². The highest BCUT2D eigenvalue weighted by molar-refractivity contribution is 7.89. The number of ether oxygens (including phenoxy) is 2. The second kappa shape index (κ2) is 11.7. The van der Waals surface area contributed by atoms with Gasteiger partial charge < -0.3 is 9.47 Å². The second-order valence-corrected chi connectivity index (χ2v) is 10.6. The summed E-state index contributed by atoms with van der Waals surface area (Å²) >= 11 is 5.87. The molecule has 0 radical (unpaired) electrons. The predicted octanol–water partition coefficient (Wildman–Crippen LogP) is 4.37. The van der Waals surface area contributed by atoms with Crippen molar-refractivity contribution in [2.24, 2.45) is 5.10 Å². The third-order valence-electron chi connectivity index (χ3n) is 5.81. The fourth-order valence-corrected chi connectivity index (χ4v) is 5.68. The van der Waals surface area contributed by atoms with Gasteiger partial charge in [-0.1, -0.05) is 23.7 Å². The molecule has 1 amide bonds. The summed E-state index contributed by atoms with van der Waals surface area (Å²) < 4.78 is 51.5. The van der Waals surface area contributed by atoms with Gasteiger partial charge in [-0.3, -0.25) is 4.79 Å². The standard InChI is InChI=1S/C26H25ClFN3O5S/c1-35-25-15-19(6-13-24(25)36-17-18-4-9-21(28)10-5-18)16-29-30-26(32)23-3-2-14-31(23)37(33,34)22-11-7-20(27)8-12-22/h4-13,15-16,23H,2-3,14,17H2,1H3,(H,30,32)/b29-16+. The van der Waals surface area contributed by atoms with Crippen molar-refractivity contribution in [3.05, 3.63) is 88.7 Å². The Morgan fingerprint density at radius 3 is 2.57 bits per heavy atom. The second-order valence-electron chi connectivity index (χ2n) is 8.29. The van der Waals surface area contributed by atoms with Crippen molar-refractivity contribution in [1.29, 1.82) is 0 Å². The first-order valence-electron chi connectivity index (χ1n) is 11.4. The number of rotatable bonds is 9. The normalized spacial score (nSPS) is 16.1. The number of carbonyl (C=O) groups is 1. The Hall–Kier alpha value is -3.47. The average molecular weight is 546 g/mol. The lowest BCUT2D eigenvalue weighted by atomic mass is 10.2. The first kappa shape index (κ1) is 26.6. The van der Waals surface area contributed by atoms with E-state index in [1.54, 1.807) is 30.3 Å². The summed E-state index contributed by atoms with van der Waals surface area (Å²) in [6.45, 7) is 0.473. The van der Waals surface area contributed by atoms with Crippen LogP contribution in [-0.4, -0.2) is 44.5 Å². The summed E-state index contributed by atoms with van der Waals surface area (Å²) in [4.78, 5) is 12.9. The van der Waals surface area contributed by atoms with Gasteiger partial charge in [-0.2, -0.15) is 9.41 Å². The largest absolute Gasteiger partial charge is 0.493 e. The summed E-state index contributed by atoms with van der Waals surface area (Å²) in [6, 6.07) is 16.1. The highest BCUT2D eigenvalue weighted by Crippen LogP contribution is 2.29. The number of nitrogens with zero attached hydrogens (tertiary/aromatic N) is 2. The van der Waals surface area contributed by atoms with E-state index in [4.69, 9.17) is 21.1 Å². The molecule has 1 fully saturated rings. The molecule has 1 aliphatic heterocycles. The van der Waals surface area contributed by atoms with E-state index in [1.807, 2.05) is 0 Å². The van der Waals surface area contributed by atoms with E-state index in [1.165, 1.54) is 54.0 Å². The molecule has 4 rings (SSSR count). The van der Waals surface area contributed by atoms with Crippen molar-refractivity contribution in [2.45, 2.75) is 30.4 Å². The fourth-order valence-electron chi connectivity index (χ4n) is 3.90. The molecule has 0 spiro atoms. The Kier molecular flexibility index (Phi) is 8.42. The van der Waals surface area contributed by atoms with Crippen LogP contribution in [0.1, 0.15) is 24.0 Å². The minimum atomic E-state index is -3.86. The van der Waals surface area contributed by atoms with E-state index in [0.717, 1.165) is 5.56 Å². The third kappa shape index (κ3) is 6.46. The van der Waals surface area contributed by atoms with Crippen LogP contribution in [0.4, 0.5) is 4.39 Å². The summed E-state index contributed by atoms with van der Waals surface area (Å²) in [6.07, 6.45) is 2.38. The molecule has 0 bridgehead atoms. The van der Waals surface area contributed by atoms with Crippen molar-refractivity contribution < 1.29 is 27.1 Å². The Bertz CT molecular complexity index is 1380. The lowest BCUT2D eigenvalue weighted by molar-refractivity contribution is -0.124. The predicted molar refractivity (Wildman–Crippen MR) is 138 cm³/mol. The molecule has 37 heavy (non-hydrogen) atoms. The number of hydrogen-bond acceptors (Lipinski definition) is 6. The van der Waals surface area contributed by atoms with Gasteiger partial charge in [0.25, 0.3) is 5.91 Å². The van der Waals surface area contributed by atoms with Gasteiger partial charge in [-0.25, -0.2) is 18.2 Å². The number of nitrogens with one attached hydrogen (secondary N) is 1. The zero-order valence-corrected chi connectivity index (χ0v) is 21.5. The van der Waals surface area contributed by atoms with E-state index in [0.29, 0.717) is 34.9 Å². The molecular weight excluding hydrogens is 521 g/mol. The summed E-state index contributed by atoms with van der Waals surface area (Å²) in [5, 5.41) is 4.42. The number of hydrogen-bond donors (Lipinski definition) is 1. The van der Waals surface area contributed by atoms with Gasteiger partial charge in [-0.15, -0.1) is 0 Å². The molecule has 1 unspecified atom stereocenters. The lowest BCUT2D eigenvalue weighted by Crippen LogP contribution is -2.44. The number of methoxy groups -OCH3 is 1. The van der Waals surface area contributed by atoms with Gasteiger partial charge in [0.15, 0.2) is 11.5 Å². The van der Waals surface area contributed by atoms with Crippen molar-refractivity contribution in [1.82, 2.24) is 9.73 Å². The molecule has 0 aliphatic carbocycles. The first-order valence-corrected chi connectivity index (χ1v) is 13.3. The quantitative estimate of drug-likeness (QED) is 0.318. The smallest absolute Gasteiger partial charge is 0.258 e. The number of carbonyl (C=O) groups excluding carboxylic acids is 1. The molecule has 0 saturated carbocycles. The lowest BCUT2D eigenvalue weighted by Gasteiger charge is -2.22. The van der Waals surface area contributed by atoms with Crippen LogP contribution >= 0.6 is 11.6 Å². The Labute approximate surface area is 219 Å². The molecular formula is C26H25ClFN3O5S. The van der Waals surface area contributed by atoms with Crippen molar-refractivity contribution in [3.8, 4) is 11.5 Å². The van der Waals surface area contributed by atoms with Gasteiger partial charge in [0.2, 0.25) is 10.0 Å². The maximum absolute atomic E-state index is 13.1. The van der Waals surface area contributed by atoms with Crippen LogP contribution in [0.2, 0.25) is 5.02 Å². The fraction of sp³-hybridized carbons (Fsp3) is 0.231. The van der Waals surface area contributed by atoms with E-state index in [-0.39, 0.29) is 23.9 Å². The Morgan fingerprint density at radius 2 is 1.86 bits per heavy atom. The number of sulfonamides is 1. The van der Waals surface area contributed by atoms with E-state index in [2.05, 4.69) is 10.5 Å². The van der Waals surface area contributed by atoms with Crippen molar-refractivity contribution >= 4 is 33.7 Å². The van der Waals surface area contributed by atoms with Gasteiger partial charge in [-0.05, 0) is 78.6 Å². The maximum Gasteiger partial charge on any atom is 0.258 e. The van der Waals surface area contributed by atoms with Crippen LogP contribution in [0.15, 0.2) is 76.7 Å². The highest BCUT2D eigenvalue weighted by Gasteiger charge is 2.39. The van der Waals surface area contributed by atoms with Crippen LogP contribution in [-0.2, 0) is 21.4 Å². The molecule has 3 aromatic carbocycles. The van der Waals surface area contributed by atoms with Crippen LogP contribution in [0.25, 0.3) is 0 Å². The minimum absolute atomic E-state index is 0.0777. The SMILES string of the molecule is COc1cc(/C=N/NC(=O)C2CCCN2S(=O)(=O)c2ccc(Cl)cc2)ccc1OCc1ccc(F)cc1. The molecule has 1 N–H and O–H groups in total. The van der Waals surface area contributed by atoms with E-state index >= 15 is 0 Å². The van der Waals surface area contributed by atoms with Crippen molar-refractivity contribution in [2.75, 3.05) is 13.7 Å². The van der Waals surface area contributed by atoms with Gasteiger partial charge in [0, 0.05) is 11.6 Å². The van der Waals surface area contributed by atoms with Crippen LogP contribution in [0.3, 0.4) is 0 Å².